The second-order valence-electron chi connectivity index (χ2n) is 8.39. The highest BCUT2D eigenvalue weighted by Crippen LogP contribution is 2.16. The van der Waals surface area contributed by atoms with E-state index in [0.29, 0.717) is 6.42 Å². The van der Waals surface area contributed by atoms with Gasteiger partial charge in [-0.05, 0) is 43.9 Å². The molecule has 0 amide bonds. The highest BCUT2D eigenvalue weighted by Gasteiger charge is 2.24. The number of rotatable bonds is 16. The van der Waals surface area contributed by atoms with E-state index in [1.54, 1.807) is 13.8 Å². The summed E-state index contributed by atoms with van der Waals surface area (Å²) in [7, 11) is 0. The van der Waals surface area contributed by atoms with Gasteiger partial charge in [0.05, 0.1) is 26.2 Å². The molecule has 0 aliphatic rings. The Hall–Kier alpha value is -0.610. The van der Waals surface area contributed by atoms with Crippen molar-refractivity contribution in [1.29, 1.82) is 0 Å². The first-order valence-corrected chi connectivity index (χ1v) is 11.5. The molecule has 0 spiro atoms. The second-order valence-corrected chi connectivity index (χ2v) is 8.39. The Bertz CT molecular complexity index is 296. The van der Waals surface area contributed by atoms with E-state index in [1.807, 2.05) is 0 Å². The molecular formula is C23H49NO3. The number of hydrogen-bond acceptors (Lipinski definition) is 3. The van der Waals surface area contributed by atoms with E-state index in [1.165, 1.54) is 82.0 Å². The van der Waals surface area contributed by atoms with Crippen molar-refractivity contribution >= 4 is 5.97 Å². The van der Waals surface area contributed by atoms with Crippen LogP contribution < -0.4 is 5.11 Å². The number of hydrogen-bond donors (Lipinski definition) is 1. The molecule has 0 aromatic carbocycles. The van der Waals surface area contributed by atoms with Crippen molar-refractivity contribution in [3.8, 4) is 0 Å². The molecule has 0 fully saturated rings. The molecule has 2 unspecified atom stereocenters. The number of nitrogens with zero attached hydrogens (tertiary/aromatic N) is 1. The second kappa shape index (κ2) is 18.7. The van der Waals surface area contributed by atoms with Gasteiger partial charge in [-0.15, -0.1) is 0 Å². The Morgan fingerprint density at radius 3 is 1.37 bits per heavy atom. The van der Waals surface area contributed by atoms with Crippen LogP contribution in [0, 0.1) is 11.8 Å². The lowest BCUT2D eigenvalue weighted by Crippen LogP contribution is -2.50. The SMILES string of the molecule is CC(CO)CC(C)C(=O)[O-].CCCC[N+](CCCC)(CCCC)CCCC. The summed E-state index contributed by atoms with van der Waals surface area (Å²) in [5.74, 6) is -1.45. The molecule has 0 rings (SSSR count). The lowest BCUT2D eigenvalue weighted by Gasteiger charge is -2.39. The van der Waals surface area contributed by atoms with E-state index in [-0.39, 0.29) is 12.5 Å². The van der Waals surface area contributed by atoms with Gasteiger partial charge in [-0.1, -0.05) is 67.2 Å². The highest BCUT2D eigenvalue weighted by atomic mass is 16.4. The number of carbonyl (C=O) groups is 1. The number of aliphatic carboxylic acids is 1. The van der Waals surface area contributed by atoms with Crippen LogP contribution in [-0.2, 0) is 4.79 Å². The lowest BCUT2D eigenvalue weighted by atomic mass is 9.98. The Kier molecular flexibility index (Phi) is 19.8. The molecule has 164 valence electrons. The van der Waals surface area contributed by atoms with Crippen LogP contribution in [0.4, 0.5) is 0 Å². The fourth-order valence-electron chi connectivity index (χ4n) is 3.42. The van der Waals surface area contributed by atoms with Crippen LogP contribution in [0.3, 0.4) is 0 Å². The van der Waals surface area contributed by atoms with Gasteiger partial charge in [0.25, 0.3) is 0 Å². The van der Waals surface area contributed by atoms with Gasteiger partial charge in [-0.3, -0.25) is 0 Å². The van der Waals surface area contributed by atoms with Crippen LogP contribution in [0.15, 0.2) is 0 Å². The minimum absolute atomic E-state index is 0.0393. The van der Waals surface area contributed by atoms with Gasteiger partial charge in [0.2, 0.25) is 0 Å². The Morgan fingerprint density at radius 1 is 0.815 bits per heavy atom. The fraction of sp³-hybridized carbons (Fsp3) is 0.957. The third-order valence-corrected chi connectivity index (χ3v) is 5.41. The van der Waals surface area contributed by atoms with E-state index in [4.69, 9.17) is 5.11 Å². The van der Waals surface area contributed by atoms with Crippen molar-refractivity contribution in [2.45, 2.75) is 99.3 Å². The number of carbonyl (C=O) groups excluding carboxylic acids is 1. The summed E-state index contributed by atoms with van der Waals surface area (Å²) in [6, 6.07) is 0. The summed E-state index contributed by atoms with van der Waals surface area (Å²) in [5, 5.41) is 18.7. The van der Waals surface area contributed by atoms with Crippen molar-refractivity contribution in [3.05, 3.63) is 0 Å². The van der Waals surface area contributed by atoms with Crippen molar-refractivity contribution in [2.75, 3.05) is 32.8 Å². The molecule has 0 aromatic rings. The molecule has 0 heterocycles. The Balaban J connectivity index is 0. The molecular weight excluding hydrogens is 338 g/mol. The molecule has 0 radical (unpaired) electrons. The first-order valence-electron chi connectivity index (χ1n) is 11.5. The van der Waals surface area contributed by atoms with Gasteiger partial charge in [0, 0.05) is 12.6 Å². The van der Waals surface area contributed by atoms with Crippen LogP contribution in [0.25, 0.3) is 0 Å². The largest absolute Gasteiger partial charge is 0.550 e. The van der Waals surface area contributed by atoms with Crippen LogP contribution in [0.1, 0.15) is 99.3 Å². The average molecular weight is 388 g/mol. The average Bonchev–Trinajstić information content (AvgIpc) is 2.67. The Morgan fingerprint density at radius 2 is 1.15 bits per heavy atom. The maximum absolute atomic E-state index is 10.2. The van der Waals surface area contributed by atoms with Gasteiger partial charge >= 0.3 is 0 Å². The predicted molar refractivity (Wildman–Crippen MR) is 114 cm³/mol. The summed E-state index contributed by atoms with van der Waals surface area (Å²) in [4.78, 5) is 10.2. The normalized spacial score (nSPS) is 13.6. The lowest BCUT2D eigenvalue weighted by molar-refractivity contribution is -0.929. The monoisotopic (exact) mass is 387 g/mol. The van der Waals surface area contributed by atoms with E-state index < -0.39 is 11.9 Å². The molecule has 0 aliphatic carbocycles. The smallest absolute Gasteiger partial charge is 0.0786 e. The van der Waals surface area contributed by atoms with Crippen LogP contribution in [0.2, 0.25) is 0 Å². The van der Waals surface area contributed by atoms with Gasteiger partial charge in [0.1, 0.15) is 0 Å². The van der Waals surface area contributed by atoms with Crippen LogP contribution in [0.5, 0.6) is 0 Å². The molecule has 0 aromatic heterocycles. The molecule has 0 bridgehead atoms. The first kappa shape index (κ1) is 28.6. The van der Waals surface area contributed by atoms with Crippen LogP contribution >= 0.6 is 0 Å². The van der Waals surface area contributed by atoms with E-state index in [2.05, 4.69) is 27.7 Å². The minimum Gasteiger partial charge on any atom is -0.550 e. The summed E-state index contributed by atoms with van der Waals surface area (Å²) in [6.07, 6.45) is 11.5. The number of carboxylic acid groups (broad SMARTS) is 1. The van der Waals surface area contributed by atoms with Gasteiger partial charge < -0.3 is 19.5 Å². The van der Waals surface area contributed by atoms with E-state index in [9.17, 15) is 9.90 Å². The maximum Gasteiger partial charge on any atom is 0.0786 e. The topological polar surface area (TPSA) is 60.4 Å². The predicted octanol–water partition coefficient (Wildman–Crippen LogP) is 4.39. The standard InChI is InChI=1S/C16H36N.C7H14O3/c1-5-9-13-17(14-10-6-2,15-11-7-3)16-12-8-4;1-5(4-8)3-6(2)7(9)10/h5-16H2,1-4H3;5-6,8H,3-4H2,1-2H3,(H,9,10)/q+1;/p-1. The number of quaternary nitrogens is 1. The maximum atomic E-state index is 10.2. The van der Waals surface area contributed by atoms with E-state index in [0.717, 1.165) is 0 Å². The van der Waals surface area contributed by atoms with Crippen molar-refractivity contribution < 1.29 is 19.5 Å². The third kappa shape index (κ3) is 16.1. The molecule has 0 saturated heterocycles. The minimum atomic E-state index is -1.04. The molecule has 0 aliphatic heterocycles. The summed E-state index contributed by atoms with van der Waals surface area (Å²) in [6.45, 7) is 18.4. The zero-order chi connectivity index (χ0) is 21.1. The zero-order valence-corrected chi connectivity index (χ0v) is 19.3. The molecule has 2 atom stereocenters. The molecule has 27 heavy (non-hydrogen) atoms. The van der Waals surface area contributed by atoms with Gasteiger partial charge in [-0.25, -0.2) is 0 Å². The number of carboxylic acids is 1. The van der Waals surface area contributed by atoms with Gasteiger partial charge in [0.15, 0.2) is 0 Å². The van der Waals surface area contributed by atoms with Crippen molar-refractivity contribution in [2.24, 2.45) is 11.8 Å². The number of aliphatic hydroxyl groups is 1. The molecule has 0 saturated carbocycles. The molecule has 1 N–H and O–H groups in total. The summed E-state index contributed by atoms with van der Waals surface area (Å²) in [5.41, 5.74) is 0. The number of unbranched alkanes of at least 4 members (excludes halogenated alkanes) is 4. The zero-order valence-electron chi connectivity index (χ0n) is 19.3. The number of aliphatic hydroxyl groups excluding tert-OH is 1. The first-order chi connectivity index (χ1) is 12.8. The molecule has 4 heteroatoms. The third-order valence-electron chi connectivity index (χ3n) is 5.41. The quantitative estimate of drug-likeness (QED) is 0.399. The van der Waals surface area contributed by atoms with E-state index >= 15 is 0 Å². The van der Waals surface area contributed by atoms with Crippen molar-refractivity contribution in [3.63, 3.8) is 0 Å². The fourth-order valence-corrected chi connectivity index (χ4v) is 3.42. The summed E-state index contributed by atoms with van der Waals surface area (Å²) >= 11 is 0. The highest BCUT2D eigenvalue weighted by molar-refractivity contribution is 5.66. The van der Waals surface area contributed by atoms with Crippen molar-refractivity contribution in [1.82, 2.24) is 0 Å². The van der Waals surface area contributed by atoms with Crippen LogP contribution in [-0.4, -0.2) is 48.3 Å². The Labute approximate surface area is 169 Å². The molecule has 4 nitrogen and oxygen atoms in total. The van der Waals surface area contributed by atoms with Gasteiger partial charge in [-0.2, -0.15) is 0 Å². The summed E-state index contributed by atoms with van der Waals surface area (Å²) < 4.78 is 1.42.